The van der Waals surface area contributed by atoms with Gasteiger partial charge in [-0.2, -0.15) is 0 Å². The van der Waals surface area contributed by atoms with Crippen molar-refractivity contribution < 1.29 is 9.18 Å². The number of halogens is 1. The summed E-state index contributed by atoms with van der Waals surface area (Å²) >= 11 is 0. The fraction of sp³-hybridized carbons (Fsp3) is 0.414. The molecule has 1 N–H and O–H groups in total. The Morgan fingerprint density at radius 3 is 2.50 bits per heavy atom. The highest BCUT2D eigenvalue weighted by Gasteiger charge is 2.48. The van der Waals surface area contributed by atoms with E-state index in [0.29, 0.717) is 35.1 Å². The van der Waals surface area contributed by atoms with Crippen molar-refractivity contribution in [1.29, 1.82) is 0 Å². The SMILES string of the molecule is CC#Cc1ccc(NC(=O)C(C)(C)[C@H]2CC3CC(c4ccnc5ccc(F)cc45)C[C@@H]3C2)cn1. The molecule has 0 aliphatic heterocycles. The molecule has 2 fully saturated rings. The van der Waals surface area contributed by atoms with Crippen LogP contribution in [0.3, 0.4) is 0 Å². The largest absolute Gasteiger partial charge is 0.324 e. The molecule has 0 saturated heterocycles. The van der Waals surface area contributed by atoms with Crippen molar-refractivity contribution in [1.82, 2.24) is 9.97 Å². The van der Waals surface area contributed by atoms with Crippen molar-refractivity contribution in [2.45, 2.75) is 52.4 Å². The number of carbonyl (C=O) groups excluding carboxylic acids is 1. The molecule has 2 aliphatic rings. The Morgan fingerprint density at radius 2 is 1.82 bits per heavy atom. The Bertz CT molecular complexity index is 1270. The number of anilines is 1. The average molecular weight is 456 g/mol. The van der Waals surface area contributed by atoms with Crippen molar-refractivity contribution in [3.63, 3.8) is 0 Å². The molecule has 2 unspecified atom stereocenters. The Kier molecular flexibility index (Phi) is 5.85. The summed E-state index contributed by atoms with van der Waals surface area (Å²) in [5.41, 5.74) is 3.01. The molecule has 2 saturated carbocycles. The van der Waals surface area contributed by atoms with E-state index in [4.69, 9.17) is 0 Å². The zero-order valence-corrected chi connectivity index (χ0v) is 19.9. The summed E-state index contributed by atoms with van der Waals surface area (Å²) in [5, 5.41) is 4.00. The number of rotatable bonds is 4. The van der Waals surface area contributed by atoms with E-state index in [1.807, 2.05) is 18.3 Å². The fourth-order valence-electron chi connectivity index (χ4n) is 6.10. The van der Waals surface area contributed by atoms with Gasteiger partial charge in [-0.15, -0.1) is 0 Å². The second-order valence-corrected chi connectivity index (χ2v) is 10.4. The van der Waals surface area contributed by atoms with E-state index in [1.54, 1.807) is 25.3 Å². The fourth-order valence-corrected chi connectivity index (χ4v) is 6.10. The lowest BCUT2D eigenvalue weighted by atomic mass is 9.75. The molecule has 1 amide bonds. The van der Waals surface area contributed by atoms with Gasteiger partial charge in [0, 0.05) is 17.0 Å². The zero-order valence-electron chi connectivity index (χ0n) is 19.9. The van der Waals surface area contributed by atoms with Crippen molar-refractivity contribution in [2.75, 3.05) is 5.32 Å². The molecule has 4 nitrogen and oxygen atoms in total. The summed E-state index contributed by atoms with van der Waals surface area (Å²) in [4.78, 5) is 21.9. The molecule has 3 aromatic rings. The van der Waals surface area contributed by atoms with Gasteiger partial charge in [-0.3, -0.25) is 9.78 Å². The van der Waals surface area contributed by atoms with Crippen LogP contribution in [-0.2, 0) is 4.79 Å². The molecule has 5 rings (SSSR count). The Morgan fingerprint density at radius 1 is 1.06 bits per heavy atom. The lowest BCUT2D eigenvalue weighted by Gasteiger charge is -2.31. The van der Waals surface area contributed by atoms with Crippen LogP contribution in [0.4, 0.5) is 10.1 Å². The van der Waals surface area contributed by atoms with E-state index >= 15 is 0 Å². The van der Waals surface area contributed by atoms with Gasteiger partial charge in [0.25, 0.3) is 0 Å². The summed E-state index contributed by atoms with van der Waals surface area (Å²) in [5.74, 6) is 7.55. The van der Waals surface area contributed by atoms with Crippen LogP contribution < -0.4 is 5.32 Å². The van der Waals surface area contributed by atoms with E-state index in [2.05, 4.69) is 47.0 Å². The molecule has 2 aromatic heterocycles. The quantitative estimate of drug-likeness (QED) is 0.468. The molecule has 0 radical (unpaired) electrons. The maximum atomic E-state index is 13.9. The monoisotopic (exact) mass is 455 g/mol. The van der Waals surface area contributed by atoms with Crippen molar-refractivity contribution in [2.24, 2.45) is 23.2 Å². The molecule has 5 heteroatoms. The number of fused-ring (bicyclic) bond motifs is 2. The third kappa shape index (κ3) is 4.18. The molecular weight excluding hydrogens is 425 g/mol. The van der Waals surface area contributed by atoms with Gasteiger partial charge in [0.15, 0.2) is 0 Å². The van der Waals surface area contributed by atoms with Gasteiger partial charge in [0.05, 0.1) is 17.4 Å². The number of carbonyl (C=O) groups is 1. The van der Waals surface area contributed by atoms with Crippen molar-refractivity contribution in [3.8, 4) is 11.8 Å². The van der Waals surface area contributed by atoms with Gasteiger partial charge in [0.2, 0.25) is 5.91 Å². The van der Waals surface area contributed by atoms with Gasteiger partial charge >= 0.3 is 0 Å². The van der Waals surface area contributed by atoms with Gasteiger partial charge in [-0.25, -0.2) is 9.37 Å². The normalized spacial score (nSPS) is 23.9. The smallest absolute Gasteiger partial charge is 0.230 e. The summed E-state index contributed by atoms with van der Waals surface area (Å²) in [6, 6.07) is 10.6. The number of pyridine rings is 2. The summed E-state index contributed by atoms with van der Waals surface area (Å²) < 4.78 is 13.9. The molecule has 2 heterocycles. The number of nitrogens with zero attached hydrogens (tertiary/aromatic N) is 2. The Labute approximate surface area is 200 Å². The summed E-state index contributed by atoms with van der Waals surface area (Å²) in [6.45, 7) is 5.90. The van der Waals surface area contributed by atoms with Crippen LogP contribution >= 0.6 is 0 Å². The van der Waals surface area contributed by atoms with E-state index < -0.39 is 5.41 Å². The first-order chi connectivity index (χ1) is 16.3. The van der Waals surface area contributed by atoms with Crippen molar-refractivity contribution in [3.05, 3.63) is 65.9 Å². The first-order valence-corrected chi connectivity index (χ1v) is 12.1. The first kappa shape index (κ1) is 22.5. The summed E-state index contributed by atoms with van der Waals surface area (Å²) in [7, 11) is 0. The molecule has 2 aliphatic carbocycles. The van der Waals surface area contributed by atoms with Crippen LogP contribution in [0, 0.1) is 40.8 Å². The van der Waals surface area contributed by atoms with E-state index in [0.717, 1.165) is 36.6 Å². The lowest BCUT2D eigenvalue weighted by molar-refractivity contribution is -0.126. The summed E-state index contributed by atoms with van der Waals surface area (Å²) in [6.07, 6.45) is 7.82. The number of aromatic nitrogens is 2. The predicted molar refractivity (Wildman–Crippen MR) is 133 cm³/mol. The highest BCUT2D eigenvalue weighted by Crippen LogP contribution is 2.56. The van der Waals surface area contributed by atoms with Gasteiger partial charge in [-0.05, 0) is 104 Å². The van der Waals surface area contributed by atoms with Crippen molar-refractivity contribution >= 4 is 22.5 Å². The third-order valence-corrected chi connectivity index (χ3v) is 8.07. The van der Waals surface area contributed by atoms with Crippen LogP contribution in [-0.4, -0.2) is 15.9 Å². The molecule has 0 bridgehead atoms. The molecular formula is C29H30FN3O. The van der Waals surface area contributed by atoms with E-state index in [9.17, 15) is 9.18 Å². The molecule has 1 aromatic carbocycles. The maximum absolute atomic E-state index is 13.9. The minimum Gasteiger partial charge on any atom is -0.324 e. The highest BCUT2D eigenvalue weighted by atomic mass is 19.1. The minimum atomic E-state index is -0.464. The number of nitrogens with one attached hydrogen (secondary N) is 1. The van der Waals surface area contributed by atoms with Crippen LogP contribution in [0.2, 0.25) is 0 Å². The van der Waals surface area contributed by atoms with E-state index in [1.165, 1.54) is 11.6 Å². The standard InChI is InChI=1S/C29H30FN3O/c1-4-5-23-7-8-24(17-32-23)33-28(34)29(2,3)21-14-18-12-20(13-19(18)15-21)25-10-11-31-27-9-6-22(30)16-26(25)27/h6-11,16-21H,12-15H2,1-3H3,(H,33,34)/t18-,19?,20?,21-/m1/s1. The number of amides is 1. The average Bonchev–Trinajstić information content (AvgIpc) is 3.40. The first-order valence-electron chi connectivity index (χ1n) is 12.1. The molecule has 0 spiro atoms. The zero-order chi connectivity index (χ0) is 23.9. The number of hydrogen-bond acceptors (Lipinski definition) is 3. The number of benzene rings is 1. The van der Waals surface area contributed by atoms with Crippen LogP contribution in [0.15, 0.2) is 48.8 Å². The van der Waals surface area contributed by atoms with Gasteiger partial charge < -0.3 is 5.32 Å². The Balaban J connectivity index is 1.25. The van der Waals surface area contributed by atoms with Gasteiger partial charge in [-0.1, -0.05) is 19.8 Å². The van der Waals surface area contributed by atoms with E-state index in [-0.39, 0.29) is 11.7 Å². The van der Waals surface area contributed by atoms with Gasteiger partial charge in [0.1, 0.15) is 11.5 Å². The topological polar surface area (TPSA) is 54.9 Å². The third-order valence-electron chi connectivity index (χ3n) is 8.07. The lowest BCUT2D eigenvalue weighted by Crippen LogP contribution is -2.37. The second-order valence-electron chi connectivity index (χ2n) is 10.4. The minimum absolute atomic E-state index is 0.0424. The molecule has 174 valence electrons. The molecule has 4 atom stereocenters. The second kappa shape index (κ2) is 8.83. The predicted octanol–water partition coefficient (Wildman–Crippen LogP) is 6.33. The van der Waals surface area contributed by atoms with Crippen LogP contribution in [0.5, 0.6) is 0 Å². The van der Waals surface area contributed by atoms with Crippen LogP contribution in [0.25, 0.3) is 10.9 Å². The highest BCUT2D eigenvalue weighted by molar-refractivity contribution is 5.95. The maximum Gasteiger partial charge on any atom is 0.230 e. The van der Waals surface area contributed by atoms with Crippen LogP contribution in [0.1, 0.15) is 63.6 Å². The Hall–Kier alpha value is -3.26. The molecule has 34 heavy (non-hydrogen) atoms. The number of hydrogen-bond donors (Lipinski definition) is 1.